The second kappa shape index (κ2) is 4.92. The normalized spacial score (nSPS) is 25.0. The lowest BCUT2D eigenvalue weighted by molar-refractivity contribution is 0.0534. The first-order valence-electron chi connectivity index (χ1n) is 6.18. The molecule has 0 bridgehead atoms. The second-order valence-corrected chi connectivity index (χ2v) is 4.92. The molecule has 2 atom stereocenters. The third-order valence-electron chi connectivity index (χ3n) is 3.63. The van der Waals surface area contributed by atoms with Gasteiger partial charge in [-0.2, -0.15) is 0 Å². The maximum Gasteiger partial charge on any atom is 0.290 e. The number of hydrogen-bond donors (Lipinski definition) is 1. The van der Waals surface area contributed by atoms with Crippen LogP contribution in [0, 0.1) is 12.8 Å². The van der Waals surface area contributed by atoms with Crippen LogP contribution in [0.15, 0.2) is 16.7 Å². The van der Waals surface area contributed by atoms with Crippen molar-refractivity contribution < 1.29 is 9.21 Å². The molecule has 0 spiro atoms. The molecular weight excluding hydrogens is 216 g/mol. The van der Waals surface area contributed by atoms with E-state index in [2.05, 4.69) is 6.92 Å². The van der Waals surface area contributed by atoms with Gasteiger partial charge in [-0.1, -0.05) is 0 Å². The second-order valence-electron chi connectivity index (χ2n) is 4.92. The van der Waals surface area contributed by atoms with Crippen LogP contribution in [0.3, 0.4) is 0 Å². The molecule has 1 amide bonds. The Morgan fingerprint density at radius 1 is 1.59 bits per heavy atom. The van der Waals surface area contributed by atoms with E-state index in [1.807, 2.05) is 17.9 Å². The summed E-state index contributed by atoms with van der Waals surface area (Å²) in [5.74, 6) is 0.887. The summed E-state index contributed by atoms with van der Waals surface area (Å²) in [5, 5.41) is 0. The molecule has 1 saturated heterocycles. The molecule has 0 saturated carbocycles. The molecule has 0 aromatic carbocycles. The third-order valence-corrected chi connectivity index (χ3v) is 3.63. The average Bonchev–Trinajstić information content (AvgIpc) is 2.75. The molecule has 2 N–H and O–H groups in total. The summed E-state index contributed by atoms with van der Waals surface area (Å²) >= 11 is 0. The van der Waals surface area contributed by atoms with E-state index in [1.165, 1.54) is 0 Å². The van der Waals surface area contributed by atoms with Gasteiger partial charge in [0.25, 0.3) is 5.91 Å². The van der Waals surface area contributed by atoms with E-state index in [1.54, 1.807) is 6.26 Å². The number of hydrogen-bond acceptors (Lipinski definition) is 3. The minimum Gasteiger partial charge on any atom is -0.459 e. The van der Waals surface area contributed by atoms with Crippen molar-refractivity contribution in [3.05, 3.63) is 23.7 Å². The van der Waals surface area contributed by atoms with Gasteiger partial charge in [-0.3, -0.25) is 4.79 Å². The Kier molecular flexibility index (Phi) is 3.52. The SMILES string of the molecule is Cc1ccoc1C(=O)N1CC(CN)CCC1C. The Labute approximate surface area is 102 Å². The number of likely N-dealkylation sites (tertiary alicyclic amines) is 1. The maximum atomic E-state index is 12.3. The lowest BCUT2D eigenvalue weighted by atomic mass is 9.93. The highest BCUT2D eigenvalue weighted by molar-refractivity contribution is 5.93. The number of rotatable bonds is 2. The monoisotopic (exact) mass is 236 g/mol. The van der Waals surface area contributed by atoms with Crippen LogP contribution in [0.1, 0.15) is 35.9 Å². The van der Waals surface area contributed by atoms with Gasteiger partial charge in [0.05, 0.1) is 6.26 Å². The van der Waals surface area contributed by atoms with Crippen LogP contribution < -0.4 is 5.73 Å². The fourth-order valence-corrected chi connectivity index (χ4v) is 2.38. The summed E-state index contributed by atoms with van der Waals surface area (Å²) in [6, 6.07) is 2.09. The van der Waals surface area contributed by atoms with Gasteiger partial charge in [0, 0.05) is 18.2 Å². The van der Waals surface area contributed by atoms with Crippen LogP contribution in [0.5, 0.6) is 0 Å². The summed E-state index contributed by atoms with van der Waals surface area (Å²) in [6.45, 7) is 5.37. The molecule has 1 aromatic heterocycles. The van der Waals surface area contributed by atoms with E-state index in [0.717, 1.165) is 24.9 Å². The molecule has 94 valence electrons. The topological polar surface area (TPSA) is 59.5 Å². The Morgan fingerprint density at radius 3 is 2.94 bits per heavy atom. The highest BCUT2D eigenvalue weighted by Crippen LogP contribution is 2.24. The lowest BCUT2D eigenvalue weighted by Crippen LogP contribution is -2.47. The number of nitrogens with zero attached hydrogens (tertiary/aromatic N) is 1. The van der Waals surface area contributed by atoms with E-state index >= 15 is 0 Å². The van der Waals surface area contributed by atoms with E-state index in [-0.39, 0.29) is 11.9 Å². The van der Waals surface area contributed by atoms with Crippen molar-refractivity contribution in [3.63, 3.8) is 0 Å². The van der Waals surface area contributed by atoms with Gasteiger partial charge in [0.1, 0.15) is 0 Å². The predicted molar refractivity (Wildman–Crippen MR) is 65.7 cm³/mol. The smallest absolute Gasteiger partial charge is 0.290 e. The Hall–Kier alpha value is -1.29. The lowest BCUT2D eigenvalue weighted by Gasteiger charge is -2.37. The van der Waals surface area contributed by atoms with Crippen molar-refractivity contribution in [1.29, 1.82) is 0 Å². The zero-order valence-electron chi connectivity index (χ0n) is 10.5. The van der Waals surface area contributed by atoms with Crippen molar-refractivity contribution in [1.82, 2.24) is 4.90 Å². The number of amides is 1. The van der Waals surface area contributed by atoms with E-state index in [4.69, 9.17) is 10.2 Å². The summed E-state index contributed by atoms with van der Waals surface area (Å²) in [5.41, 5.74) is 6.60. The molecule has 17 heavy (non-hydrogen) atoms. The maximum absolute atomic E-state index is 12.3. The van der Waals surface area contributed by atoms with Gasteiger partial charge in [-0.15, -0.1) is 0 Å². The number of carbonyl (C=O) groups is 1. The van der Waals surface area contributed by atoms with Crippen molar-refractivity contribution in [3.8, 4) is 0 Å². The molecule has 1 fully saturated rings. The molecule has 2 heterocycles. The minimum absolute atomic E-state index is 0.00171. The highest BCUT2D eigenvalue weighted by Gasteiger charge is 2.30. The first-order valence-corrected chi connectivity index (χ1v) is 6.18. The molecule has 2 rings (SSSR count). The molecule has 1 aromatic rings. The van der Waals surface area contributed by atoms with Crippen molar-refractivity contribution >= 4 is 5.91 Å². The summed E-state index contributed by atoms with van der Waals surface area (Å²) < 4.78 is 5.27. The zero-order chi connectivity index (χ0) is 12.4. The van der Waals surface area contributed by atoms with Crippen molar-refractivity contribution in [2.75, 3.05) is 13.1 Å². The van der Waals surface area contributed by atoms with Gasteiger partial charge < -0.3 is 15.1 Å². The quantitative estimate of drug-likeness (QED) is 0.851. The molecule has 0 radical (unpaired) electrons. The fraction of sp³-hybridized carbons (Fsp3) is 0.615. The zero-order valence-corrected chi connectivity index (χ0v) is 10.5. The molecule has 0 aliphatic carbocycles. The van der Waals surface area contributed by atoms with Gasteiger partial charge >= 0.3 is 0 Å². The van der Waals surface area contributed by atoms with E-state index in [9.17, 15) is 4.79 Å². The molecule has 4 heteroatoms. The molecular formula is C13H20N2O2. The number of aryl methyl sites for hydroxylation is 1. The fourth-order valence-electron chi connectivity index (χ4n) is 2.38. The Balaban J connectivity index is 2.15. The van der Waals surface area contributed by atoms with E-state index in [0.29, 0.717) is 18.2 Å². The van der Waals surface area contributed by atoms with Crippen LogP contribution in [0.4, 0.5) is 0 Å². The predicted octanol–water partition coefficient (Wildman–Crippen LogP) is 1.79. The van der Waals surface area contributed by atoms with Crippen LogP contribution in [-0.4, -0.2) is 29.9 Å². The van der Waals surface area contributed by atoms with Gasteiger partial charge in [-0.05, 0) is 45.2 Å². The largest absolute Gasteiger partial charge is 0.459 e. The van der Waals surface area contributed by atoms with Gasteiger partial charge in [0.15, 0.2) is 5.76 Å². The van der Waals surface area contributed by atoms with Crippen molar-refractivity contribution in [2.45, 2.75) is 32.7 Å². The number of piperidine rings is 1. The summed E-state index contributed by atoms with van der Waals surface area (Å²) in [6.07, 6.45) is 3.70. The third kappa shape index (κ3) is 2.36. The van der Waals surface area contributed by atoms with Crippen LogP contribution in [0.25, 0.3) is 0 Å². The van der Waals surface area contributed by atoms with Crippen LogP contribution >= 0.6 is 0 Å². The van der Waals surface area contributed by atoms with Crippen LogP contribution in [0.2, 0.25) is 0 Å². The highest BCUT2D eigenvalue weighted by atomic mass is 16.3. The van der Waals surface area contributed by atoms with Gasteiger partial charge in [-0.25, -0.2) is 0 Å². The number of furan rings is 1. The van der Waals surface area contributed by atoms with Gasteiger partial charge in [0.2, 0.25) is 0 Å². The summed E-state index contributed by atoms with van der Waals surface area (Å²) in [7, 11) is 0. The Bertz CT molecular complexity index is 400. The number of nitrogens with two attached hydrogens (primary N) is 1. The minimum atomic E-state index is -0.00171. The van der Waals surface area contributed by atoms with E-state index < -0.39 is 0 Å². The first kappa shape index (κ1) is 12.2. The molecule has 1 aliphatic rings. The van der Waals surface area contributed by atoms with Crippen LogP contribution in [-0.2, 0) is 0 Å². The summed E-state index contributed by atoms with van der Waals surface area (Å²) in [4.78, 5) is 14.2. The Morgan fingerprint density at radius 2 is 2.35 bits per heavy atom. The first-order chi connectivity index (χ1) is 8.13. The molecule has 1 aliphatic heterocycles. The number of carbonyl (C=O) groups excluding carboxylic acids is 1. The molecule has 4 nitrogen and oxygen atoms in total. The standard InChI is InChI=1S/C13H20N2O2/c1-9-5-6-17-12(9)13(16)15-8-11(7-14)4-3-10(15)2/h5-6,10-11H,3-4,7-8,14H2,1-2H3. The van der Waals surface area contributed by atoms with Crippen molar-refractivity contribution in [2.24, 2.45) is 11.7 Å². The molecule has 2 unspecified atom stereocenters. The average molecular weight is 236 g/mol.